The molecule has 0 saturated heterocycles. The molecule has 0 aliphatic heterocycles. The molecule has 0 amide bonds. The molecule has 1 heterocycles. The van der Waals surface area contributed by atoms with Crippen LogP contribution in [0.3, 0.4) is 0 Å². The van der Waals surface area contributed by atoms with Crippen molar-refractivity contribution in [3.05, 3.63) is 35.0 Å². The van der Waals surface area contributed by atoms with Crippen LogP contribution in [0.1, 0.15) is 11.3 Å². The molecule has 0 spiro atoms. The van der Waals surface area contributed by atoms with Gasteiger partial charge in [0.25, 0.3) is 0 Å². The van der Waals surface area contributed by atoms with Gasteiger partial charge in [-0.2, -0.15) is 12.6 Å². The highest BCUT2D eigenvalue weighted by Gasteiger charge is 1.89. The number of aryl methyl sites for hydroxylation is 1. The van der Waals surface area contributed by atoms with Crippen molar-refractivity contribution in [2.75, 3.05) is 0 Å². The Hall–Kier alpha value is -0.760. The van der Waals surface area contributed by atoms with E-state index in [4.69, 9.17) is 0 Å². The molecule has 0 N–H and O–H groups in total. The Morgan fingerprint density at radius 2 is 2.40 bits per heavy atom. The van der Waals surface area contributed by atoms with E-state index in [0.29, 0.717) is 0 Å². The SMILES string of the molecule is Cc1ncccc1/C=C\S. The molecule has 0 fully saturated rings. The predicted octanol–water partition coefficient (Wildman–Crippen LogP) is 2.29. The summed E-state index contributed by atoms with van der Waals surface area (Å²) in [6, 6.07) is 3.92. The Kier molecular flexibility index (Phi) is 2.51. The van der Waals surface area contributed by atoms with Gasteiger partial charge in [0.15, 0.2) is 0 Å². The summed E-state index contributed by atoms with van der Waals surface area (Å²) in [4.78, 5) is 4.11. The van der Waals surface area contributed by atoms with Gasteiger partial charge in [-0.1, -0.05) is 6.07 Å². The van der Waals surface area contributed by atoms with Crippen molar-refractivity contribution < 1.29 is 0 Å². The molecule has 0 bridgehead atoms. The van der Waals surface area contributed by atoms with E-state index in [-0.39, 0.29) is 0 Å². The lowest BCUT2D eigenvalue weighted by Gasteiger charge is -1.94. The Bertz CT molecular complexity index is 243. The standard InChI is InChI=1S/C8H9NS/c1-7-8(4-6-10)3-2-5-9-7/h2-6,10H,1H3/b6-4-. The first-order valence-electron chi connectivity index (χ1n) is 3.07. The molecule has 0 saturated carbocycles. The predicted molar refractivity (Wildman–Crippen MR) is 47.0 cm³/mol. The fraction of sp³-hybridized carbons (Fsp3) is 0.125. The molecule has 0 aliphatic rings. The van der Waals surface area contributed by atoms with E-state index in [1.807, 2.05) is 25.1 Å². The number of hydrogen-bond acceptors (Lipinski definition) is 2. The summed E-state index contributed by atoms with van der Waals surface area (Å²) in [7, 11) is 0. The van der Waals surface area contributed by atoms with Gasteiger partial charge in [-0.05, 0) is 30.0 Å². The van der Waals surface area contributed by atoms with Crippen molar-refractivity contribution in [1.82, 2.24) is 4.98 Å². The van der Waals surface area contributed by atoms with Gasteiger partial charge in [0.05, 0.1) is 0 Å². The number of rotatable bonds is 1. The molecule has 10 heavy (non-hydrogen) atoms. The van der Waals surface area contributed by atoms with Gasteiger partial charge >= 0.3 is 0 Å². The Labute approximate surface area is 66.2 Å². The summed E-state index contributed by atoms with van der Waals surface area (Å²) in [6.07, 6.45) is 3.70. The van der Waals surface area contributed by atoms with E-state index in [2.05, 4.69) is 17.6 Å². The van der Waals surface area contributed by atoms with Crippen molar-refractivity contribution >= 4 is 18.7 Å². The Balaban J connectivity index is 3.03. The van der Waals surface area contributed by atoms with E-state index in [0.717, 1.165) is 11.3 Å². The maximum absolute atomic E-state index is 4.11. The lowest BCUT2D eigenvalue weighted by atomic mass is 10.2. The van der Waals surface area contributed by atoms with Gasteiger partial charge in [-0.3, -0.25) is 4.98 Å². The third kappa shape index (κ3) is 1.61. The first-order chi connectivity index (χ1) is 4.84. The second-order valence-corrected chi connectivity index (χ2v) is 2.29. The Morgan fingerprint density at radius 1 is 1.60 bits per heavy atom. The fourth-order valence-electron chi connectivity index (χ4n) is 0.753. The lowest BCUT2D eigenvalue weighted by Crippen LogP contribution is -1.82. The molecule has 0 atom stereocenters. The highest BCUT2D eigenvalue weighted by atomic mass is 32.1. The van der Waals surface area contributed by atoms with Crippen molar-refractivity contribution in [1.29, 1.82) is 0 Å². The van der Waals surface area contributed by atoms with Crippen molar-refractivity contribution in [2.24, 2.45) is 0 Å². The monoisotopic (exact) mass is 151 g/mol. The zero-order valence-corrected chi connectivity index (χ0v) is 6.68. The second-order valence-electron chi connectivity index (χ2n) is 1.99. The van der Waals surface area contributed by atoms with Crippen LogP contribution in [0, 0.1) is 6.92 Å². The zero-order valence-electron chi connectivity index (χ0n) is 5.78. The van der Waals surface area contributed by atoms with Gasteiger partial charge < -0.3 is 0 Å². The normalized spacial score (nSPS) is 10.6. The molecular weight excluding hydrogens is 142 g/mol. The zero-order chi connectivity index (χ0) is 7.40. The summed E-state index contributed by atoms with van der Waals surface area (Å²) in [5, 5.41) is 1.71. The molecular formula is C8H9NS. The van der Waals surface area contributed by atoms with Crippen LogP contribution in [-0.4, -0.2) is 4.98 Å². The Morgan fingerprint density at radius 3 is 3.00 bits per heavy atom. The van der Waals surface area contributed by atoms with Crippen molar-refractivity contribution in [3.8, 4) is 0 Å². The van der Waals surface area contributed by atoms with E-state index in [9.17, 15) is 0 Å². The number of nitrogens with zero attached hydrogens (tertiary/aromatic N) is 1. The number of thiol groups is 1. The van der Waals surface area contributed by atoms with E-state index >= 15 is 0 Å². The number of hydrogen-bond donors (Lipinski definition) is 1. The fourth-order valence-corrected chi connectivity index (χ4v) is 0.914. The van der Waals surface area contributed by atoms with Crippen LogP contribution < -0.4 is 0 Å². The van der Waals surface area contributed by atoms with E-state index < -0.39 is 0 Å². The molecule has 1 nitrogen and oxygen atoms in total. The average molecular weight is 151 g/mol. The molecule has 1 aromatic rings. The minimum absolute atomic E-state index is 1.04. The third-order valence-corrected chi connectivity index (χ3v) is 1.45. The molecule has 0 unspecified atom stereocenters. The molecule has 1 aromatic heterocycles. The summed E-state index contributed by atoms with van der Waals surface area (Å²) in [5.41, 5.74) is 2.16. The largest absolute Gasteiger partial charge is 0.261 e. The quantitative estimate of drug-likeness (QED) is 0.608. The minimum atomic E-state index is 1.04. The highest BCUT2D eigenvalue weighted by Crippen LogP contribution is 2.05. The summed E-state index contributed by atoms with van der Waals surface area (Å²) in [6.45, 7) is 1.98. The van der Waals surface area contributed by atoms with E-state index in [1.54, 1.807) is 11.6 Å². The van der Waals surface area contributed by atoms with Gasteiger partial charge in [-0.25, -0.2) is 0 Å². The van der Waals surface area contributed by atoms with Crippen LogP contribution in [0.15, 0.2) is 23.7 Å². The number of aromatic nitrogens is 1. The minimum Gasteiger partial charge on any atom is -0.261 e. The van der Waals surface area contributed by atoms with Crippen molar-refractivity contribution in [2.45, 2.75) is 6.92 Å². The lowest BCUT2D eigenvalue weighted by molar-refractivity contribution is 1.19. The number of pyridine rings is 1. The first kappa shape index (κ1) is 7.35. The summed E-state index contributed by atoms with van der Waals surface area (Å²) < 4.78 is 0. The first-order valence-corrected chi connectivity index (χ1v) is 3.58. The maximum Gasteiger partial charge on any atom is 0.0445 e. The van der Waals surface area contributed by atoms with Crippen LogP contribution in [0.2, 0.25) is 0 Å². The molecule has 0 aromatic carbocycles. The third-order valence-electron chi connectivity index (χ3n) is 1.30. The maximum atomic E-state index is 4.11. The van der Waals surface area contributed by atoms with Crippen LogP contribution in [0.4, 0.5) is 0 Å². The van der Waals surface area contributed by atoms with Gasteiger partial charge in [0.1, 0.15) is 0 Å². The highest BCUT2D eigenvalue weighted by molar-refractivity contribution is 7.83. The van der Waals surface area contributed by atoms with Crippen molar-refractivity contribution in [3.63, 3.8) is 0 Å². The summed E-state index contributed by atoms with van der Waals surface area (Å²) >= 11 is 3.97. The summed E-state index contributed by atoms with van der Waals surface area (Å²) in [5.74, 6) is 0. The second kappa shape index (κ2) is 3.42. The van der Waals surface area contributed by atoms with Crippen LogP contribution in [-0.2, 0) is 0 Å². The molecule has 2 heteroatoms. The topological polar surface area (TPSA) is 12.9 Å². The van der Waals surface area contributed by atoms with Crippen LogP contribution in [0.5, 0.6) is 0 Å². The molecule has 1 rings (SSSR count). The van der Waals surface area contributed by atoms with Gasteiger partial charge in [0, 0.05) is 11.9 Å². The average Bonchev–Trinajstić information content (AvgIpc) is 1.94. The molecule has 52 valence electrons. The smallest absolute Gasteiger partial charge is 0.0445 e. The van der Waals surface area contributed by atoms with Gasteiger partial charge in [-0.15, -0.1) is 0 Å². The van der Waals surface area contributed by atoms with E-state index in [1.165, 1.54) is 0 Å². The molecule has 0 aliphatic carbocycles. The van der Waals surface area contributed by atoms with Gasteiger partial charge in [0.2, 0.25) is 0 Å². The van der Waals surface area contributed by atoms with Crippen LogP contribution in [0.25, 0.3) is 6.08 Å². The molecule has 0 radical (unpaired) electrons. The van der Waals surface area contributed by atoms with Crippen LogP contribution >= 0.6 is 12.6 Å².